The fourth-order valence-corrected chi connectivity index (χ4v) is 2.90. The van der Waals surface area contributed by atoms with Crippen LogP contribution in [-0.2, 0) is 0 Å². The molecule has 0 spiro atoms. The molecule has 2 fully saturated rings. The topological polar surface area (TPSA) is 27.3 Å². The molecule has 1 aliphatic heterocycles. The van der Waals surface area contributed by atoms with Crippen molar-refractivity contribution in [2.24, 2.45) is 11.8 Å². The third-order valence-corrected chi connectivity index (χ3v) is 4.31. The molecule has 1 aliphatic carbocycles. The first-order valence-corrected chi connectivity index (χ1v) is 6.35. The van der Waals surface area contributed by atoms with Crippen LogP contribution in [0.15, 0.2) is 0 Å². The van der Waals surface area contributed by atoms with E-state index < -0.39 is 0 Å². The highest BCUT2D eigenvalue weighted by Gasteiger charge is 2.32. The maximum Gasteiger partial charge on any atom is 0.168 e. The van der Waals surface area contributed by atoms with E-state index in [1.165, 1.54) is 19.3 Å². The number of hydrogen-bond donors (Lipinski definition) is 2. The van der Waals surface area contributed by atoms with Crippen molar-refractivity contribution in [3.63, 3.8) is 0 Å². The predicted octanol–water partition coefficient (Wildman–Crippen LogP) is 1.51. The largest absolute Gasteiger partial charge is 0.350 e. The molecule has 0 aromatic rings. The summed E-state index contributed by atoms with van der Waals surface area (Å²) in [6.45, 7) is 6.59. The molecule has 3 atom stereocenters. The summed E-state index contributed by atoms with van der Waals surface area (Å²) in [7, 11) is 0. The SMILES string of the molecule is C[C@H]1[C@H](C)CCC[C@H]1N1CNC(=S)NC1. The summed E-state index contributed by atoms with van der Waals surface area (Å²) in [5.41, 5.74) is 0. The molecule has 86 valence electrons. The molecule has 0 amide bonds. The second kappa shape index (κ2) is 4.66. The van der Waals surface area contributed by atoms with Gasteiger partial charge in [-0.15, -0.1) is 0 Å². The van der Waals surface area contributed by atoms with Crippen LogP contribution in [0.2, 0.25) is 0 Å². The number of nitrogens with zero attached hydrogens (tertiary/aromatic N) is 1. The van der Waals surface area contributed by atoms with Crippen molar-refractivity contribution >= 4 is 17.3 Å². The van der Waals surface area contributed by atoms with Gasteiger partial charge in [-0.3, -0.25) is 4.90 Å². The van der Waals surface area contributed by atoms with E-state index in [0.717, 1.165) is 36.3 Å². The summed E-state index contributed by atoms with van der Waals surface area (Å²) >= 11 is 5.06. The van der Waals surface area contributed by atoms with E-state index in [1.807, 2.05) is 0 Å². The van der Waals surface area contributed by atoms with Crippen molar-refractivity contribution in [2.75, 3.05) is 13.3 Å². The van der Waals surface area contributed by atoms with Gasteiger partial charge >= 0.3 is 0 Å². The van der Waals surface area contributed by atoms with E-state index >= 15 is 0 Å². The van der Waals surface area contributed by atoms with Gasteiger partial charge in [-0.05, 0) is 30.5 Å². The van der Waals surface area contributed by atoms with Crippen molar-refractivity contribution in [3.8, 4) is 0 Å². The van der Waals surface area contributed by atoms with Crippen LogP contribution in [0.25, 0.3) is 0 Å². The molecular formula is C11H21N3S. The molecule has 2 N–H and O–H groups in total. The van der Waals surface area contributed by atoms with E-state index in [1.54, 1.807) is 0 Å². The fourth-order valence-electron chi connectivity index (χ4n) is 2.77. The molecule has 2 aliphatic rings. The van der Waals surface area contributed by atoms with Crippen LogP contribution >= 0.6 is 12.2 Å². The summed E-state index contributed by atoms with van der Waals surface area (Å²) in [5, 5.41) is 7.22. The van der Waals surface area contributed by atoms with Gasteiger partial charge in [-0.1, -0.05) is 26.7 Å². The third-order valence-electron chi connectivity index (χ3n) is 4.02. The quantitative estimate of drug-likeness (QED) is 0.664. The molecule has 0 radical (unpaired) electrons. The van der Waals surface area contributed by atoms with Crippen molar-refractivity contribution in [3.05, 3.63) is 0 Å². The first-order valence-electron chi connectivity index (χ1n) is 5.94. The lowest BCUT2D eigenvalue weighted by Gasteiger charge is -2.43. The molecule has 4 heteroatoms. The molecule has 0 aromatic carbocycles. The Balaban J connectivity index is 1.94. The predicted molar refractivity (Wildman–Crippen MR) is 66.4 cm³/mol. The number of rotatable bonds is 1. The van der Waals surface area contributed by atoms with E-state index in [9.17, 15) is 0 Å². The molecule has 3 nitrogen and oxygen atoms in total. The molecule has 1 saturated heterocycles. The van der Waals surface area contributed by atoms with Crippen LogP contribution in [0, 0.1) is 11.8 Å². The summed E-state index contributed by atoms with van der Waals surface area (Å²) in [5.74, 6) is 1.66. The van der Waals surface area contributed by atoms with Crippen molar-refractivity contribution in [1.29, 1.82) is 0 Å². The van der Waals surface area contributed by atoms with Crippen molar-refractivity contribution in [2.45, 2.75) is 39.2 Å². The minimum Gasteiger partial charge on any atom is -0.350 e. The second-order valence-electron chi connectivity index (χ2n) is 4.92. The van der Waals surface area contributed by atoms with Gasteiger partial charge in [-0.2, -0.15) is 0 Å². The zero-order chi connectivity index (χ0) is 10.8. The molecule has 0 bridgehead atoms. The van der Waals surface area contributed by atoms with Gasteiger partial charge in [0.15, 0.2) is 5.11 Å². The van der Waals surface area contributed by atoms with Gasteiger partial charge in [0.25, 0.3) is 0 Å². The van der Waals surface area contributed by atoms with Crippen LogP contribution in [0.4, 0.5) is 0 Å². The van der Waals surface area contributed by atoms with Gasteiger partial charge in [0, 0.05) is 6.04 Å². The average molecular weight is 227 g/mol. The van der Waals surface area contributed by atoms with Gasteiger partial charge in [0.05, 0.1) is 13.3 Å². The van der Waals surface area contributed by atoms with Crippen molar-refractivity contribution < 1.29 is 0 Å². The smallest absolute Gasteiger partial charge is 0.168 e. The molecule has 0 unspecified atom stereocenters. The van der Waals surface area contributed by atoms with Crippen LogP contribution in [0.1, 0.15) is 33.1 Å². The summed E-state index contributed by atoms with van der Waals surface area (Å²) in [6.07, 6.45) is 4.10. The maximum atomic E-state index is 5.06. The Hall–Kier alpha value is -0.350. The minimum absolute atomic E-state index is 0.719. The van der Waals surface area contributed by atoms with Crippen molar-refractivity contribution in [1.82, 2.24) is 15.5 Å². The highest BCUT2D eigenvalue weighted by molar-refractivity contribution is 7.80. The second-order valence-corrected chi connectivity index (χ2v) is 5.33. The number of hydrogen-bond acceptors (Lipinski definition) is 2. The van der Waals surface area contributed by atoms with Gasteiger partial charge < -0.3 is 10.6 Å². The Bertz CT molecular complexity index is 234. The Morgan fingerprint density at radius 3 is 2.53 bits per heavy atom. The van der Waals surface area contributed by atoms with Gasteiger partial charge in [-0.25, -0.2) is 0 Å². The first kappa shape index (κ1) is 11.1. The van der Waals surface area contributed by atoms with E-state index in [-0.39, 0.29) is 0 Å². The Kier molecular flexibility index (Phi) is 3.46. The summed E-state index contributed by atoms with van der Waals surface area (Å²) in [6, 6.07) is 0.719. The summed E-state index contributed by atoms with van der Waals surface area (Å²) < 4.78 is 0. The van der Waals surface area contributed by atoms with Crippen LogP contribution in [-0.4, -0.2) is 29.4 Å². The molecule has 1 heterocycles. The average Bonchev–Trinajstić information content (AvgIpc) is 2.24. The standard InChI is InChI=1S/C11H21N3S/c1-8-4-3-5-10(9(8)2)14-6-12-11(15)13-7-14/h8-10H,3-7H2,1-2H3,(H2,12,13,15)/t8-,9+,10-/m1/s1. The minimum atomic E-state index is 0.719. The highest BCUT2D eigenvalue weighted by atomic mass is 32.1. The zero-order valence-corrected chi connectivity index (χ0v) is 10.4. The van der Waals surface area contributed by atoms with E-state index in [2.05, 4.69) is 29.4 Å². The Morgan fingerprint density at radius 2 is 1.87 bits per heavy atom. The van der Waals surface area contributed by atoms with Gasteiger partial charge in [0.1, 0.15) is 0 Å². The molecule has 2 rings (SSSR count). The lowest BCUT2D eigenvalue weighted by molar-refractivity contribution is 0.0696. The van der Waals surface area contributed by atoms with Gasteiger partial charge in [0.2, 0.25) is 0 Å². The number of thiocarbonyl (C=S) groups is 1. The number of nitrogens with one attached hydrogen (secondary N) is 2. The lowest BCUT2D eigenvalue weighted by atomic mass is 9.77. The highest BCUT2D eigenvalue weighted by Crippen LogP contribution is 2.32. The Labute approximate surface area is 97.6 Å². The summed E-state index contributed by atoms with van der Waals surface area (Å²) in [4.78, 5) is 2.48. The van der Waals surface area contributed by atoms with E-state index in [0.29, 0.717) is 0 Å². The van der Waals surface area contributed by atoms with Crippen LogP contribution in [0.5, 0.6) is 0 Å². The first-order chi connectivity index (χ1) is 7.18. The van der Waals surface area contributed by atoms with Crippen LogP contribution < -0.4 is 10.6 Å². The van der Waals surface area contributed by atoms with Crippen LogP contribution in [0.3, 0.4) is 0 Å². The monoisotopic (exact) mass is 227 g/mol. The molecule has 15 heavy (non-hydrogen) atoms. The zero-order valence-electron chi connectivity index (χ0n) is 9.62. The molecule has 1 saturated carbocycles. The fraction of sp³-hybridized carbons (Fsp3) is 0.909. The normalized spacial score (nSPS) is 38.3. The maximum absolute atomic E-state index is 5.06. The Morgan fingerprint density at radius 1 is 1.20 bits per heavy atom. The van der Waals surface area contributed by atoms with E-state index in [4.69, 9.17) is 12.2 Å². The molecule has 0 aromatic heterocycles. The molecular weight excluding hydrogens is 206 g/mol. The third kappa shape index (κ3) is 2.42. The lowest BCUT2D eigenvalue weighted by Crippen LogP contribution is -2.59.